The van der Waals surface area contributed by atoms with Crippen molar-refractivity contribution in [2.75, 3.05) is 17.6 Å². The molecule has 0 fully saturated rings. The van der Waals surface area contributed by atoms with Gasteiger partial charge in [0.1, 0.15) is 5.82 Å². The van der Waals surface area contributed by atoms with Crippen LogP contribution in [0.5, 0.6) is 0 Å². The van der Waals surface area contributed by atoms with Crippen LogP contribution in [0.25, 0.3) is 0 Å². The second kappa shape index (κ2) is 4.49. The highest BCUT2D eigenvalue weighted by atomic mass is 19.1. The van der Waals surface area contributed by atoms with Crippen molar-refractivity contribution in [1.82, 2.24) is 0 Å². The van der Waals surface area contributed by atoms with E-state index in [1.807, 2.05) is 6.92 Å². The van der Waals surface area contributed by atoms with Gasteiger partial charge in [-0.2, -0.15) is 0 Å². The van der Waals surface area contributed by atoms with Crippen molar-refractivity contribution < 1.29 is 9.50 Å². The summed E-state index contributed by atoms with van der Waals surface area (Å²) in [5, 5.41) is 12.7. The summed E-state index contributed by atoms with van der Waals surface area (Å²) < 4.78 is 12.7. The van der Waals surface area contributed by atoms with Gasteiger partial charge in [-0.3, -0.25) is 0 Å². The first kappa shape index (κ1) is 11.8. The standard InChI is InChI=1S/C11H17FN2O/c1-3-11(2,15)7-14-10-5-4-8(12)6-9(10)13/h4-6,14-15H,3,7,13H2,1-2H3. The van der Waals surface area contributed by atoms with E-state index in [0.717, 1.165) is 0 Å². The lowest BCUT2D eigenvalue weighted by Crippen LogP contribution is -2.32. The van der Waals surface area contributed by atoms with E-state index in [2.05, 4.69) is 5.32 Å². The number of anilines is 2. The molecule has 1 unspecified atom stereocenters. The molecule has 1 atom stereocenters. The Kier molecular flexibility index (Phi) is 3.52. The van der Waals surface area contributed by atoms with E-state index in [0.29, 0.717) is 24.3 Å². The molecule has 3 nitrogen and oxygen atoms in total. The Labute approximate surface area is 89.1 Å². The molecule has 0 bridgehead atoms. The summed E-state index contributed by atoms with van der Waals surface area (Å²) in [6, 6.07) is 4.15. The molecule has 0 amide bonds. The molecule has 0 aromatic heterocycles. The molecule has 84 valence electrons. The molecule has 0 aliphatic heterocycles. The average molecular weight is 212 g/mol. The Bertz CT molecular complexity index is 339. The summed E-state index contributed by atoms with van der Waals surface area (Å²) in [5.74, 6) is -0.361. The quantitative estimate of drug-likeness (QED) is 0.669. The van der Waals surface area contributed by atoms with Crippen LogP contribution in [-0.2, 0) is 0 Å². The molecular weight excluding hydrogens is 195 g/mol. The van der Waals surface area contributed by atoms with Crippen molar-refractivity contribution in [3.05, 3.63) is 24.0 Å². The first-order chi connectivity index (χ1) is 6.94. The molecule has 1 aromatic carbocycles. The van der Waals surface area contributed by atoms with Gasteiger partial charge in [-0.15, -0.1) is 0 Å². The maximum Gasteiger partial charge on any atom is 0.125 e. The van der Waals surface area contributed by atoms with E-state index in [-0.39, 0.29) is 5.82 Å². The van der Waals surface area contributed by atoms with Crippen LogP contribution in [0.3, 0.4) is 0 Å². The molecule has 4 heteroatoms. The number of benzene rings is 1. The second-order valence-electron chi connectivity index (χ2n) is 3.94. The van der Waals surface area contributed by atoms with Gasteiger partial charge in [0.15, 0.2) is 0 Å². The second-order valence-corrected chi connectivity index (χ2v) is 3.94. The maximum atomic E-state index is 12.7. The predicted octanol–water partition coefficient (Wildman–Crippen LogP) is 1.98. The monoisotopic (exact) mass is 212 g/mol. The normalized spacial score (nSPS) is 14.7. The molecule has 1 aromatic rings. The first-order valence-electron chi connectivity index (χ1n) is 4.96. The number of hydrogen-bond acceptors (Lipinski definition) is 3. The van der Waals surface area contributed by atoms with Crippen molar-refractivity contribution in [1.29, 1.82) is 0 Å². The molecule has 15 heavy (non-hydrogen) atoms. The van der Waals surface area contributed by atoms with E-state index in [4.69, 9.17) is 5.73 Å². The minimum Gasteiger partial charge on any atom is -0.397 e. The highest BCUT2D eigenvalue weighted by Crippen LogP contribution is 2.20. The molecule has 0 aliphatic carbocycles. The Morgan fingerprint density at radius 3 is 2.73 bits per heavy atom. The number of nitrogens with one attached hydrogen (secondary N) is 1. The minimum atomic E-state index is -0.777. The van der Waals surface area contributed by atoms with Crippen molar-refractivity contribution in [3.63, 3.8) is 0 Å². The zero-order valence-corrected chi connectivity index (χ0v) is 9.05. The highest BCUT2D eigenvalue weighted by Gasteiger charge is 2.17. The number of hydrogen-bond donors (Lipinski definition) is 3. The van der Waals surface area contributed by atoms with Gasteiger partial charge in [-0.05, 0) is 31.5 Å². The first-order valence-corrected chi connectivity index (χ1v) is 4.96. The lowest BCUT2D eigenvalue weighted by atomic mass is 10.0. The van der Waals surface area contributed by atoms with Crippen LogP contribution in [0.2, 0.25) is 0 Å². The van der Waals surface area contributed by atoms with Crippen LogP contribution < -0.4 is 11.1 Å². The van der Waals surface area contributed by atoms with Gasteiger partial charge in [0.25, 0.3) is 0 Å². The van der Waals surface area contributed by atoms with Gasteiger partial charge < -0.3 is 16.2 Å². The molecule has 0 radical (unpaired) electrons. The van der Waals surface area contributed by atoms with E-state index in [1.54, 1.807) is 13.0 Å². The highest BCUT2D eigenvalue weighted by molar-refractivity contribution is 5.65. The molecule has 1 rings (SSSR count). The van der Waals surface area contributed by atoms with E-state index < -0.39 is 5.60 Å². The van der Waals surface area contributed by atoms with Crippen LogP contribution in [-0.4, -0.2) is 17.3 Å². The van der Waals surface area contributed by atoms with Crippen LogP contribution in [0.15, 0.2) is 18.2 Å². The fourth-order valence-electron chi connectivity index (χ4n) is 1.11. The van der Waals surface area contributed by atoms with Crippen molar-refractivity contribution >= 4 is 11.4 Å². The Balaban J connectivity index is 2.66. The third-order valence-electron chi connectivity index (χ3n) is 2.43. The fourth-order valence-corrected chi connectivity index (χ4v) is 1.11. The Morgan fingerprint density at radius 1 is 1.53 bits per heavy atom. The summed E-state index contributed by atoms with van der Waals surface area (Å²) in [6.45, 7) is 4.02. The van der Waals surface area contributed by atoms with Gasteiger partial charge in [0.2, 0.25) is 0 Å². The third-order valence-corrected chi connectivity index (χ3v) is 2.43. The topological polar surface area (TPSA) is 58.3 Å². The molecule has 0 spiro atoms. The average Bonchev–Trinajstić information content (AvgIpc) is 2.16. The molecular formula is C11H17FN2O. The molecule has 0 heterocycles. The predicted molar refractivity (Wildman–Crippen MR) is 60.2 cm³/mol. The van der Waals surface area contributed by atoms with Crippen LogP contribution in [0, 0.1) is 5.82 Å². The lowest BCUT2D eigenvalue weighted by molar-refractivity contribution is 0.0697. The molecule has 0 aliphatic rings. The molecule has 0 saturated carbocycles. The number of halogens is 1. The largest absolute Gasteiger partial charge is 0.397 e. The zero-order valence-electron chi connectivity index (χ0n) is 9.05. The summed E-state index contributed by atoms with van der Waals surface area (Å²) >= 11 is 0. The van der Waals surface area contributed by atoms with Crippen LogP contribution >= 0.6 is 0 Å². The summed E-state index contributed by atoms with van der Waals surface area (Å²) in [6.07, 6.45) is 0.640. The Morgan fingerprint density at radius 2 is 2.20 bits per heavy atom. The van der Waals surface area contributed by atoms with Gasteiger partial charge in [-0.1, -0.05) is 6.92 Å². The number of nitrogens with two attached hydrogens (primary N) is 1. The maximum absolute atomic E-state index is 12.7. The van der Waals surface area contributed by atoms with Crippen molar-refractivity contribution in [3.8, 4) is 0 Å². The fraction of sp³-hybridized carbons (Fsp3) is 0.455. The van der Waals surface area contributed by atoms with Crippen LogP contribution in [0.4, 0.5) is 15.8 Å². The smallest absolute Gasteiger partial charge is 0.125 e. The van der Waals surface area contributed by atoms with E-state index in [1.165, 1.54) is 12.1 Å². The number of aliphatic hydroxyl groups is 1. The van der Waals surface area contributed by atoms with Crippen molar-refractivity contribution in [2.24, 2.45) is 0 Å². The lowest BCUT2D eigenvalue weighted by Gasteiger charge is -2.22. The molecule has 0 saturated heterocycles. The zero-order chi connectivity index (χ0) is 11.5. The van der Waals surface area contributed by atoms with Crippen LogP contribution in [0.1, 0.15) is 20.3 Å². The Hall–Kier alpha value is -1.29. The van der Waals surface area contributed by atoms with E-state index >= 15 is 0 Å². The van der Waals surface area contributed by atoms with E-state index in [9.17, 15) is 9.50 Å². The van der Waals surface area contributed by atoms with Crippen molar-refractivity contribution in [2.45, 2.75) is 25.9 Å². The van der Waals surface area contributed by atoms with Gasteiger partial charge in [0.05, 0.1) is 17.0 Å². The third kappa shape index (κ3) is 3.40. The SMILES string of the molecule is CCC(C)(O)CNc1ccc(F)cc1N. The number of nitrogen functional groups attached to an aromatic ring is 1. The number of rotatable bonds is 4. The summed E-state index contributed by atoms with van der Waals surface area (Å²) in [5.41, 5.74) is 5.82. The molecule has 4 N–H and O–H groups in total. The van der Waals surface area contributed by atoms with Gasteiger partial charge >= 0.3 is 0 Å². The summed E-state index contributed by atoms with van der Waals surface area (Å²) in [4.78, 5) is 0. The van der Waals surface area contributed by atoms with Gasteiger partial charge in [0, 0.05) is 6.54 Å². The summed E-state index contributed by atoms with van der Waals surface area (Å²) in [7, 11) is 0. The minimum absolute atomic E-state index is 0.349. The van der Waals surface area contributed by atoms with Gasteiger partial charge in [-0.25, -0.2) is 4.39 Å².